The molecule has 10 rings (SSSR count). The molecular weight excluding hydrogens is 587 g/mol. The van der Waals surface area contributed by atoms with Crippen LogP contribution in [0.4, 0.5) is 0 Å². The number of aromatic nitrogens is 3. The van der Waals surface area contributed by atoms with Crippen LogP contribution >= 0.6 is 0 Å². The van der Waals surface area contributed by atoms with Gasteiger partial charge in [-0.05, 0) is 73.2 Å². The molecule has 3 aromatic heterocycles. The van der Waals surface area contributed by atoms with Gasteiger partial charge in [-0.1, -0.05) is 103 Å². The first-order valence-corrected chi connectivity index (χ1v) is 16.3. The van der Waals surface area contributed by atoms with Gasteiger partial charge in [0.15, 0.2) is 0 Å². The van der Waals surface area contributed by atoms with Crippen LogP contribution in [0.15, 0.2) is 162 Å². The van der Waals surface area contributed by atoms with E-state index in [1.165, 1.54) is 16.3 Å². The van der Waals surface area contributed by atoms with Crippen molar-refractivity contribution in [2.75, 3.05) is 0 Å². The maximum Gasteiger partial charge on any atom is 0.145 e. The van der Waals surface area contributed by atoms with Gasteiger partial charge in [0.1, 0.15) is 17.0 Å². The highest BCUT2D eigenvalue weighted by molar-refractivity contribution is 6.13. The van der Waals surface area contributed by atoms with E-state index in [0.717, 1.165) is 77.9 Å². The van der Waals surface area contributed by atoms with Gasteiger partial charge in [-0.25, -0.2) is 4.98 Å². The minimum Gasteiger partial charge on any atom is -0.455 e. The average Bonchev–Trinajstić information content (AvgIpc) is 3.82. The molecule has 226 valence electrons. The zero-order valence-corrected chi connectivity index (χ0v) is 26.3. The Kier molecular flexibility index (Phi) is 5.75. The summed E-state index contributed by atoms with van der Waals surface area (Å²) in [5.74, 6) is 0.920. The van der Waals surface area contributed by atoms with Crippen molar-refractivity contribution in [2.24, 2.45) is 0 Å². The fourth-order valence-corrected chi connectivity index (χ4v) is 7.35. The van der Waals surface area contributed by atoms with E-state index in [1.54, 1.807) is 0 Å². The van der Waals surface area contributed by atoms with Crippen LogP contribution in [0.25, 0.3) is 88.7 Å². The van der Waals surface area contributed by atoms with Gasteiger partial charge in [-0.15, -0.1) is 0 Å². The minimum absolute atomic E-state index is 0.911. The van der Waals surface area contributed by atoms with Gasteiger partial charge < -0.3 is 8.98 Å². The summed E-state index contributed by atoms with van der Waals surface area (Å²) in [4.78, 5) is 5.16. The molecule has 4 nitrogen and oxygen atoms in total. The maximum absolute atomic E-state index is 6.42. The van der Waals surface area contributed by atoms with Crippen molar-refractivity contribution in [3.05, 3.63) is 163 Å². The lowest BCUT2D eigenvalue weighted by Gasteiger charge is -2.13. The van der Waals surface area contributed by atoms with Gasteiger partial charge in [0, 0.05) is 44.0 Å². The predicted octanol–water partition coefficient (Wildman–Crippen LogP) is 11.7. The van der Waals surface area contributed by atoms with Crippen molar-refractivity contribution in [1.82, 2.24) is 14.1 Å². The molecule has 0 unspecified atom stereocenters. The lowest BCUT2D eigenvalue weighted by atomic mass is 10.0. The molecule has 0 bridgehead atoms. The third kappa shape index (κ3) is 3.99. The third-order valence-electron chi connectivity index (χ3n) is 9.60. The second kappa shape index (κ2) is 10.3. The number of hydrogen-bond donors (Lipinski definition) is 0. The van der Waals surface area contributed by atoms with Crippen LogP contribution in [-0.4, -0.2) is 14.1 Å². The number of para-hydroxylation sites is 5. The number of fused-ring (bicyclic) bond motifs is 7. The quantitative estimate of drug-likeness (QED) is 0.197. The predicted molar refractivity (Wildman–Crippen MR) is 198 cm³/mol. The second-order valence-corrected chi connectivity index (χ2v) is 12.5. The Hall–Kier alpha value is -6.39. The highest BCUT2D eigenvalue weighted by Crippen LogP contribution is 2.40. The largest absolute Gasteiger partial charge is 0.455 e. The molecule has 4 heteroatoms. The number of nitrogens with zero attached hydrogens (tertiary/aromatic N) is 3. The molecule has 0 N–H and O–H groups in total. The van der Waals surface area contributed by atoms with E-state index in [4.69, 9.17) is 9.40 Å². The standard InChI is InChI=1S/C44H29N3O/c1-28-20-23-31(24-21-28)47-41-18-6-4-16-38(41)45-44(47)30-10-8-11-32(26-30)46-39-17-5-2-12-34(39)37-27-29(22-25-40(37)46)33-14-9-15-36-35-13-3-7-19-42(35)48-43(33)36/h2-27H,1H3. The average molecular weight is 616 g/mol. The van der Waals surface area contributed by atoms with E-state index in [1.807, 2.05) is 12.1 Å². The Labute approximate surface area is 276 Å². The summed E-state index contributed by atoms with van der Waals surface area (Å²) in [7, 11) is 0. The highest BCUT2D eigenvalue weighted by Gasteiger charge is 2.18. The molecular formula is C44H29N3O. The van der Waals surface area contributed by atoms with Crippen LogP contribution in [0.1, 0.15) is 5.56 Å². The molecule has 3 heterocycles. The Morgan fingerprint density at radius 3 is 2.10 bits per heavy atom. The Morgan fingerprint density at radius 2 is 1.21 bits per heavy atom. The van der Waals surface area contributed by atoms with Crippen molar-refractivity contribution in [1.29, 1.82) is 0 Å². The summed E-state index contributed by atoms with van der Waals surface area (Å²) in [5, 5.41) is 4.69. The second-order valence-electron chi connectivity index (χ2n) is 12.5. The molecule has 0 saturated carbocycles. The Morgan fingerprint density at radius 1 is 0.479 bits per heavy atom. The number of rotatable bonds is 4. The summed E-state index contributed by atoms with van der Waals surface area (Å²) < 4.78 is 11.1. The van der Waals surface area contributed by atoms with Crippen molar-refractivity contribution in [3.8, 4) is 33.9 Å². The number of hydrogen-bond acceptors (Lipinski definition) is 2. The Balaban J connectivity index is 1.17. The van der Waals surface area contributed by atoms with E-state index < -0.39 is 0 Å². The number of furan rings is 1. The summed E-state index contributed by atoms with van der Waals surface area (Å²) >= 11 is 0. The molecule has 0 aliphatic carbocycles. The van der Waals surface area contributed by atoms with Gasteiger partial charge in [0.25, 0.3) is 0 Å². The van der Waals surface area contributed by atoms with E-state index in [9.17, 15) is 0 Å². The maximum atomic E-state index is 6.42. The summed E-state index contributed by atoms with van der Waals surface area (Å²) in [6, 6.07) is 56.0. The van der Waals surface area contributed by atoms with Crippen molar-refractivity contribution in [3.63, 3.8) is 0 Å². The molecule has 0 aliphatic heterocycles. The molecule has 7 aromatic carbocycles. The van der Waals surface area contributed by atoms with Gasteiger partial charge in [-0.3, -0.25) is 4.57 Å². The third-order valence-corrected chi connectivity index (χ3v) is 9.60. The van der Waals surface area contributed by atoms with Crippen LogP contribution in [0.2, 0.25) is 0 Å². The molecule has 0 saturated heterocycles. The molecule has 0 atom stereocenters. The fourth-order valence-electron chi connectivity index (χ4n) is 7.35. The zero-order chi connectivity index (χ0) is 31.8. The van der Waals surface area contributed by atoms with E-state index in [0.29, 0.717) is 0 Å². The molecule has 0 spiro atoms. The van der Waals surface area contributed by atoms with Gasteiger partial charge in [-0.2, -0.15) is 0 Å². The minimum atomic E-state index is 0.911. The van der Waals surface area contributed by atoms with Crippen molar-refractivity contribution >= 4 is 54.8 Å². The topological polar surface area (TPSA) is 35.9 Å². The molecule has 0 aliphatic rings. The van der Waals surface area contributed by atoms with Gasteiger partial charge in [0.05, 0.1) is 22.1 Å². The summed E-state index contributed by atoms with van der Waals surface area (Å²) in [6.45, 7) is 2.12. The smallest absolute Gasteiger partial charge is 0.145 e. The molecule has 0 radical (unpaired) electrons. The van der Waals surface area contributed by atoms with Crippen LogP contribution in [0, 0.1) is 6.92 Å². The molecule has 10 aromatic rings. The normalized spacial score (nSPS) is 11.9. The number of aryl methyl sites for hydroxylation is 1. The number of imidazole rings is 1. The summed E-state index contributed by atoms with van der Waals surface area (Å²) in [6.07, 6.45) is 0. The van der Waals surface area contributed by atoms with Gasteiger partial charge >= 0.3 is 0 Å². The fraction of sp³-hybridized carbons (Fsp3) is 0.0227. The first-order valence-electron chi connectivity index (χ1n) is 16.3. The van der Waals surface area contributed by atoms with E-state index in [-0.39, 0.29) is 0 Å². The van der Waals surface area contributed by atoms with Crippen LogP contribution in [0.3, 0.4) is 0 Å². The SMILES string of the molecule is Cc1ccc(-n2c(-c3cccc(-n4c5ccccc5c5cc(-c6cccc7c6oc6ccccc67)ccc54)c3)nc3ccccc32)cc1. The van der Waals surface area contributed by atoms with Crippen LogP contribution < -0.4 is 0 Å². The zero-order valence-electron chi connectivity index (χ0n) is 26.3. The van der Waals surface area contributed by atoms with Gasteiger partial charge in [0.2, 0.25) is 0 Å². The van der Waals surface area contributed by atoms with E-state index in [2.05, 4.69) is 162 Å². The van der Waals surface area contributed by atoms with E-state index >= 15 is 0 Å². The van der Waals surface area contributed by atoms with Crippen molar-refractivity contribution in [2.45, 2.75) is 6.92 Å². The molecule has 48 heavy (non-hydrogen) atoms. The van der Waals surface area contributed by atoms with Crippen LogP contribution in [-0.2, 0) is 0 Å². The molecule has 0 amide bonds. The van der Waals surface area contributed by atoms with Crippen molar-refractivity contribution < 1.29 is 4.42 Å². The first-order chi connectivity index (χ1) is 23.7. The first kappa shape index (κ1) is 26.8. The summed E-state index contributed by atoms with van der Waals surface area (Å²) in [5.41, 5.74) is 12.9. The monoisotopic (exact) mass is 615 g/mol. The number of benzene rings is 7. The molecule has 0 fully saturated rings. The Bertz CT molecular complexity index is 2850. The highest BCUT2D eigenvalue weighted by atomic mass is 16.3. The lowest BCUT2D eigenvalue weighted by Crippen LogP contribution is -1.99. The van der Waals surface area contributed by atoms with Crippen LogP contribution in [0.5, 0.6) is 0 Å². The lowest BCUT2D eigenvalue weighted by molar-refractivity contribution is 0.670.